The minimum atomic E-state index is -4.64. The largest absolute Gasteiger partial charge is 0.419 e. The van der Waals surface area contributed by atoms with Gasteiger partial charge in [-0.1, -0.05) is 12.1 Å². The molecule has 1 N–H and O–H groups in total. The summed E-state index contributed by atoms with van der Waals surface area (Å²) in [5.41, 5.74) is -1.13. The van der Waals surface area contributed by atoms with Gasteiger partial charge in [0.05, 0.1) is 5.56 Å². The first-order valence-electron chi connectivity index (χ1n) is 5.76. The maximum absolute atomic E-state index is 13.3. The molecule has 2 nitrogen and oxygen atoms in total. The predicted molar refractivity (Wildman–Crippen MR) is 59.5 cm³/mol. The summed E-state index contributed by atoms with van der Waals surface area (Å²) in [7, 11) is 0. The van der Waals surface area contributed by atoms with Crippen molar-refractivity contribution in [3.8, 4) is 0 Å². The quantitative estimate of drug-likeness (QED) is 0.822. The van der Waals surface area contributed by atoms with E-state index in [0.717, 1.165) is 19.2 Å². The third-order valence-corrected chi connectivity index (χ3v) is 2.99. The van der Waals surface area contributed by atoms with Crippen LogP contribution in [0.5, 0.6) is 0 Å². The van der Waals surface area contributed by atoms with Crippen molar-refractivity contribution in [2.24, 2.45) is 0 Å². The monoisotopic (exact) mass is 262 g/mol. The van der Waals surface area contributed by atoms with Crippen molar-refractivity contribution in [1.29, 1.82) is 0 Å². The first kappa shape index (κ1) is 13.3. The lowest BCUT2D eigenvalue weighted by Gasteiger charge is -2.28. The van der Waals surface area contributed by atoms with Crippen molar-refractivity contribution in [2.45, 2.75) is 12.7 Å². The zero-order valence-electron chi connectivity index (χ0n) is 9.73. The van der Waals surface area contributed by atoms with E-state index in [1.54, 1.807) is 0 Å². The Morgan fingerprint density at radius 2 is 1.83 bits per heavy atom. The van der Waals surface area contributed by atoms with Gasteiger partial charge in [-0.15, -0.1) is 0 Å². The minimum absolute atomic E-state index is 0.00407. The molecule has 0 atom stereocenters. The van der Waals surface area contributed by atoms with Gasteiger partial charge in [0.2, 0.25) is 0 Å². The van der Waals surface area contributed by atoms with Gasteiger partial charge in [-0.05, 0) is 11.6 Å². The van der Waals surface area contributed by atoms with E-state index in [0.29, 0.717) is 13.1 Å². The van der Waals surface area contributed by atoms with E-state index in [1.165, 1.54) is 12.1 Å². The van der Waals surface area contributed by atoms with E-state index in [4.69, 9.17) is 0 Å². The molecule has 1 heterocycles. The van der Waals surface area contributed by atoms with Crippen LogP contribution < -0.4 is 5.32 Å². The molecule has 0 aromatic heterocycles. The second kappa shape index (κ2) is 5.24. The fourth-order valence-corrected chi connectivity index (χ4v) is 2.13. The number of halogens is 4. The molecule has 1 aliphatic heterocycles. The highest BCUT2D eigenvalue weighted by Gasteiger charge is 2.36. The van der Waals surface area contributed by atoms with Crippen molar-refractivity contribution in [2.75, 3.05) is 26.2 Å². The molecule has 0 bridgehead atoms. The zero-order valence-corrected chi connectivity index (χ0v) is 9.73. The lowest BCUT2D eigenvalue weighted by atomic mass is 10.1. The molecular formula is C12H14F4N2. The molecule has 18 heavy (non-hydrogen) atoms. The average molecular weight is 262 g/mol. The van der Waals surface area contributed by atoms with E-state index in [1.807, 2.05) is 4.90 Å². The second-order valence-corrected chi connectivity index (χ2v) is 4.30. The molecule has 1 aromatic carbocycles. The van der Waals surface area contributed by atoms with Gasteiger partial charge in [0.15, 0.2) is 0 Å². The summed E-state index contributed by atoms with van der Waals surface area (Å²) in [5.74, 6) is -1.20. The topological polar surface area (TPSA) is 15.3 Å². The average Bonchev–Trinajstić information content (AvgIpc) is 2.28. The van der Waals surface area contributed by atoms with Crippen LogP contribution in [0.25, 0.3) is 0 Å². The van der Waals surface area contributed by atoms with E-state index >= 15 is 0 Å². The summed E-state index contributed by atoms with van der Waals surface area (Å²) in [6, 6.07) is 3.51. The van der Waals surface area contributed by atoms with Gasteiger partial charge in [-0.2, -0.15) is 13.2 Å². The maximum atomic E-state index is 13.3. The number of hydrogen-bond acceptors (Lipinski definition) is 2. The Morgan fingerprint density at radius 1 is 1.17 bits per heavy atom. The lowest BCUT2D eigenvalue weighted by molar-refractivity contribution is -0.140. The Bertz CT molecular complexity index is 411. The SMILES string of the molecule is Fc1cccc(CN2CCNCC2)c1C(F)(F)F. The summed E-state index contributed by atoms with van der Waals surface area (Å²) in [6.07, 6.45) is -4.64. The number of nitrogens with one attached hydrogen (secondary N) is 1. The fourth-order valence-electron chi connectivity index (χ4n) is 2.13. The number of hydrogen-bond donors (Lipinski definition) is 1. The molecule has 0 unspecified atom stereocenters. The van der Waals surface area contributed by atoms with Crippen LogP contribution in [0.15, 0.2) is 18.2 Å². The molecule has 1 aliphatic rings. The van der Waals surface area contributed by atoms with E-state index < -0.39 is 17.6 Å². The smallest absolute Gasteiger partial charge is 0.314 e. The molecule has 100 valence electrons. The van der Waals surface area contributed by atoms with Crippen LogP contribution in [0.2, 0.25) is 0 Å². The molecule has 0 aliphatic carbocycles. The number of nitrogens with zero attached hydrogens (tertiary/aromatic N) is 1. The van der Waals surface area contributed by atoms with Crippen molar-refractivity contribution in [3.05, 3.63) is 35.1 Å². The van der Waals surface area contributed by atoms with Crippen molar-refractivity contribution in [3.63, 3.8) is 0 Å². The third kappa shape index (κ3) is 3.00. The van der Waals surface area contributed by atoms with Crippen LogP contribution in [-0.4, -0.2) is 31.1 Å². The van der Waals surface area contributed by atoms with Gasteiger partial charge in [-0.3, -0.25) is 4.90 Å². The number of alkyl halides is 3. The maximum Gasteiger partial charge on any atom is 0.419 e. The Labute approximate surface area is 103 Å². The molecule has 6 heteroatoms. The highest BCUT2D eigenvalue weighted by molar-refractivity contribution is 5.31. The van der Waals surface area contributed by atoms with Gasteiger partial charge >= 0.3 is 6.18 Å². The van der Waals surface area contributed by atoms with Crippen LogP contribution in [0, 0.1) is 5.82 Å². The highest BCUT2D eigenvalue weighted by Crippen LogP contribution is 2.34. The first-order valence-corrected chi connectivity index (χ1v) is 5.76. The molecule has 1 fully saturated rings. The highest BCUT2D eigenvalue weighted by atomic mass is 19.4. The normalized spacial score (nSPS) is 18.0. The van der Waals surface area contributed by atoms with Crippen LogP contribution in [0.1, 0.15) is 11.1 Å². The van der Waals surface area contributed by atoms with Gasteiger partial charge in [0.1, 0.15) is 5.82 Å². The molecular weight excluding hydrogens is 248 g/mol. The molecule has 2 rings (SSSR count). The van der Waals surface area contributed by atoms with Gasteiger partial charge in [0.25, 0.3) is 0 Å². The Morgan fingerprint density at radius 3 is 2.44 bits per heavy atom. The van der Waals surface area contributed by atoms with Crippen LogP contribution in [0.3, 0.4) is 0 Å². The van der Waals surface area contributed by atoms with Crippen molar-refractivity contribution < 1.29 is 17.6 Å². The fraction of sp³-hybridized carbons (Fsp3) is 0.500. The number of benzene rings is 1. The van der Waals surface area contributed by atoms with Gasteiger partial charge < -0.3 is 5.32 Å². The lowest BCUT2D eigenvalue weighted by Crippen LogP contribution is -2.43. The number of rotatable bonds is 2. The first-order chi connectivity index (χ1) is 8.48. The summed E-state index contributed by atoms with van der Waals surface area (Å²) in [4.78, 5) is 1.89. The van der Waals surface area contributed by atoms with Gasteiger partial charge in [0, 0.05) is 32.7 Å². The van der Waals surface area contributed by atoms with Crippen molar-refractivity contribution >= 4 is 0 Å². The summed E-state index contributed by atoms with van der Waals surface area (Å²) in [5, 5.41) is 3.12. The van der Waals surface area contributed by atoms with E-state index in [2.05, 4.69) is 5.32 Å². The summed E-state index contributed by atoms with van der Waals surface area (Å²) in [6.45, 7) is 2.98. The van der Waals surface area contributed by atoms with Crippen LogP contribution in [-0.2, 0) is 12.7 Å². The van der Waals surface area contributed by atoms with E-state index in [9.17, 15) is 17.6 Å². The Hall–Kier alpha value is -1.14. The number of piperazine rings is 1. The summed E-state index contributed by atoms with van der Waals surface area (Å²) >= 11 is 0. The van der Waals surface area contributed by atoms with E-state index in [-0.39, 0.29) is 12.1 Å². The Kier molecular flexibility index (Phi) is 3.87. The van der Waals surface area contributed by atoms with Gasteiger partial charge in [-0.25, -0.2) is 4.39 Å². The predicted octanol–water partition coefficient (Wildman–Crippen LogP) is 2.25. The standard InChI is InChI=1S/C12H14F4N2/c13-10-3-1-2-9(11(10)12(14,15)16)8-18-6-4-17-5-7-18/h1-3,17H,4-8H2. The molecule has 1 saturated heterocycles. The minimum Gasteiger partial charge on any atom is -0.314 e. The van der Waals surface area contributed by atoms with Crippen LogP contribution in [0.4, 0.5) is 17.6 Å². The Balaban J connectivity index is 2.24. The molecule has 1 aromatic rings. The zero-order chi connectivity index (χ0) is 13.2. The summed E-state index contributed by atoms with van der Waals surface area (Å²) < 4.78 is 51.7. The van der Waals surface area contributed by atoms with Crippen molar-refractivity contribution in [1.82, 2.24) is 10.2 Å². The molecule has 0 radical (unpaired) electrons. The third-order valence-electron chi connectivity index (χ3n) is 2.99. The molecule has 0 amide bonds. The molecule has 0 saturated carbocycles. The molecule has 0 spiro atoms. The second-order valence-electron chi connectivity index (χ2n) is 4.30. The van der Waals surface area contributed by atoms with Crippen LogP contribution >= 0.6 is 0 Å².